The van der Waals surface area contributed by atoms with E-state index in [0.29, 0.717) is 17.1 Å². The van der Waals surface area contributed by atoms with Crippen LogP contribution in [0.1, 0.15) is 48.9 Å². The summed E-state index contributed by atoms with van der Waals surface area (Å²) >= 11 is 0. The number of hydrogen-bond acceptors (Lipinski definition) is 3. The van der Waals surface area contributed by atoms with Gasteiger partial charge in [0.1, 0.15) is 0 Å². The van der Waals surface area contributed by atoms with E-state index in [1.165, 1.54) is 35.0 Å². The number of aryl methyl sites for hydroxylation is 1. The van der Waals surface area contributed by atoms with E-state index in [9.17, 15) is 9.70 Å². The highest BCUT2D eigenvalue weighted by Crippen LogP contribution is 2.32. The minimum absolute atomic E-state index is 0.0856. The molecule has 0 radical (unpaired) electrons. The second-order valence-electron chi connectivity index (χ2n) is 7.15. The maximum absolute atomic E-state index is 11.8. The lowest BCUT2D eigenvalue weighted by Crippen LogP contribution is -2.32. The number of piperidine rings is 2. The van der Waals surface area contributed by atoms with Gasteiger partial charge in [0.05, 0.1) is 17.2 Å². The molecule has 5 nitrogen and oxygen atoms in total. The van der Waals surface area contributed by atoms with E-state index in [4.69, 9.17) is 0 Å². The molecule has 3 heterocycles. The molecule has 2 fully saturated rings. The van der Waals surface area contributed by atoms with Crippen molar-refractivity contribution in [2.45, 2.75) is 44.6 Å². The van der Waals surface area contributed by atoms with Crippen molar-refractivity contribution >= 4 is 16.8 Å². The van der Waals surface area contributed by atoms with Crippen molar-refractivity contribution in [3.63, 3.8) is 0 Å². The lowest BCUT2D eigenvalue weighted by molar-refractivity contribution is -0.482. The van der Waals surface area contributed by atoms with Crippen molar-refractivity contribution in [3.05, 3.63) is 40.4 Å². The van der Waals surface area contributed by atoms with Crippen LogP contribution >= 0.6 is 0 Å². The molecule has 1 aromatic carbocycles. The van der Waals surface area contributed by atoms with Gasteiger partial charge in [-0.25, -0.2) is 4.79 Å². The number of fused-ring (bicyclic) bond motifs is 1. The minimum Gasteiger partial charge on any atom is -0.335 e. The molecule has 1 N–H and O–H groups in total. The van der Waals surface area contributed by atoms with E-state index in [2.05, 4.69) is 41.1 Å². The monoisotopic (exact) mass is 326 g/mol. The fourth-order valence-corrected chi connectivity index (χ4v) is 4.30. The third kappa shape index (κ3) is 2.67. The van der Waals surface area contributed by atoms with Crippen molar-refractivity contribution in [2.75, 3.05) is 19.6 Å². The first-order valence-electron chi connectivity index (χ1n) is 8.93. The second-order valence-corrected chi connectivity index (χ2v) is 7.15. The zero-order chi connectivity index (χ0) is 16.7. The maximum atomic E-state index is 11.8. The molecular weight excluding hydrogens is 302 g/mol. The topological polar surface area (TPSA) is 54.1 Å². The Morgan fingerprint density at radius 3 is 2.71 bits per heavy atom. The van der Waals surface area contributed by atoms with Crippen molar-refractivity contribution in [1.82, 2.24) is 9.88 Å². The molecule has 0 aliphatic carbocycles. The van der Waals surface area contributed by atoms with Crippen LogP contribution in [0.4, 0.5) is 0 Å². The first-order valence-corrected chi connectivity index (χ1v) is 8.93. The lowest BCUT2D eigenvalue weighted by atomic mass is 9.90. The van der Waals surface area contributed by atoms with Crippen LogP contribution in [0.15, 0.2) is 24.3 Å². The molecule has 0 saturated carbocycles. The van der Waals surface area contributed by atoms with Gasteiger partial charge in [-0.05, 0) is 69.0 Å². The predicted molar refractivity (Wildman–Crippen MR) is 93.3 cm³/mol. The van der Waals surface area contributed by atoms with Crippen molar-refractivity contribution in [2.24, 2.45) is 0 Å². The molecule has 4 rings (SSSR count). The maximum Gasteiger partial charge on any atom is 0.433 e. The highest BCUT2D eigenvalue weighted by molar-refractivity contribution is 5.82. The fraction of sp³-hybridized carbons (Fsp3) is 0.526. The number of rotatable bonds is 2. The zero-order valence-electron chi connectivity index (χ0n) is 14.1. The van der Waals surface area contributed by atoms with Crippen molar-refractivity contribution < 1.29 is 9.55 Å². The molecule has 24 heavy (non-hydrogen) atoms. The molecule has 1 unspecified atom stereocenters. The second kappa shape index (κ2) is 6.13. The number of nitrogens with zero attached hydrogens (tertiary/aromatic N) is 2. The molecule has 2 aliphatic rings. The van der Waals surface area contributed by atoms with Crippen LogP contribution in [0.5, 0.6) is 0 Å². The Morgan fingerprint density at radius 1 is 1.17 bits per heavy atom. The van der Waals surface area contributed by atoms with Gasteiger partial charge < -0.3 is 9.88 Å². The minimum atomic E-state index is -0.284. The number of nitrogens with one attached hydrogen (secondary N) is 1. The highest BCUT2D eigenvalue weighted by Gasteiger charge is 2.35. The van der Waals surface area contributed by atoms with Crippen LogP contribution in [0.2, 0.25) is 0 Å². The van der Waals surface area contributed by atoms with Crippen LogP contribution < -0.4 is 5.32 Å². The first kappa shape index (κ1) is 15.5. The lowest BCUT2D eigenvalue weighted by Gasteiger charge is -2.23. The summed E-state index contributed by atoms with van der Waals surface area (Å²) in [5.74, 6) is 0.359. The summed E-state index contributed by atoms with van der Waals surface area (Å²) in [7, 11) is 0. The Hall–Kier alpha value is -2.01. The molecule has 2 saturated heterocycles. The van der Waals surface area contributed by atoms with Crippen molar-refractivity contribution in [1.29, 1.82) is 0 Å². The Balaban J connectivity index is 1.68. The zero-order valence-corrected chi connectivity index (χ0v) is 14.1. The van der Waals surface area contributed by atoms with E-state index in [-0.39, 0.29) is 18.5 Å². The summed E-state index contributed by atoms with van der Waals surface area (Å²) in [6.45, 7) is 4.55. The third-order valence-electron chi connectivity index (χ3n) is 5.58. The molecule has 126 valence electrons. The molecule has 2 aliphatic heterocycles. The highest BCUT2D eigenvalue weighted by atomic mass is 16.3. The van der Waals surface area contributed by atoms with Gasteiger partial charge in [-0.1, -0.05) is 6.07 Å². The summed E-state index contributed by atoms with van der Waals surface area (Å²) < 4.78 is 2.88. The van der Waals surface area contributed by atoms with E-state index < -0.39 is 0 Å². The van der Waals surface area contributed by atoms with Crippen molar-refractivity contribution in [3.8, 4) is 0 Å². The van der Waals surface area contributed by atoms with Gasteiger partial charge in [0.25, 0.3) is 0 Å². The van der Waals surface area contributed by atoms with E-state index in [0.717, 1.165) is 19.5 Å². The van der Waals surface area contributed by atoms with Crippen LogP contribution in [0, 0.1) is 11.8 Å². The van der Waals surface area contributed by atoms with Crippen LogP contribution in [-0.2, 0) is 4.79 Å². The SMILES string of the molecule is Cc1cc2cc(C3CCNCC3)ccc2n1C1CCC(=O)[N+](=O)C1. The molecule has 0 spiro atoms. The molecular formula is C19H24N3O2+. The molecule has 5 heteroatoms. The van der Waals surface area contributed by atoms with Crippen LogP contribution in [0.25, 0.3) is 10.9 Å². The summed E-state index contributed by atoms with van der Waals surface area (Å²) in [5, 5.41) is 4.67. The van der Waals surface area contributed by atoms with Gasteiger partial charge in [0.2, 0.25) is 6.54 Å². The Bertz CT molecular complexity index is 802. The summed E-state index contributed by atoms with van der Waals surface area (Å²) in [6.07, 6.45) is 3.49. The van der Waals surface area contributed by atoms with Gasteiger partial charge >= 0.3 is 5.91 Å². The number of benzene rings is 1. The molecule has 2 aromatic rings. The van der Waals surface area contributed by atoms with Gasteiger partial charge in [-0.15, -0.1) is 0 Å². The largest absolute Gasteiger partial charge is 0.433 e. The number of hydrogen-bond donors (Lipinski definition) is 1. The van der Waals surface area contributed by atoms with E-state index in [1.807, 2.05) is 0 Å². The molecule has 1 aromatic heterocycles. The first-order chi connectivity index (χ1) is 11.6. The molecule has 1 atom stereocenters. The smallest absolute Gasteiger partial charge is 0.335 e. The van der Waals surface area contributed by atoms with Crippen LogP contribution in [0.3, 0.4) is 0 Å². The number of carbonyl (C=O) groups excluding carboxylic acids is 1. The average Bonchev–Trinajstić information content (AvgIpc) is 2.93. The number of nitroso groups, excluding NO2 is 1. The molecule has 1 amide bonds. The standard InChI is InChI=1S/C19H24N3O2/c1-13-10-16-11-15(14-6-8-20-9-7-14)2-4-18(16)22(13)17-3-5-19(23)21(24)12-17/h2,4,10-11,14,17,20H,3,5-9,12H2,1H3/q+1. The van der Waals surface area contributed by atoms with Gasteiger partial charge in [0, 0.05) is 21.5 Å². The summed E-state index contributed by atoms with van der Waals surface area (Å²) in [5.41, 5.74) is 3.77. The third-order valence-corrected chi connectivity index (χ3v) is 5.58. The Kier molecular flexibility index (Phi) is 3.96. The Morgan fingerprint density at radius 2 is 1.96 bits per heavy atom. The van der Waals surface area contributed by atoms with E-state index >= 15 is 0 Å². The van der Waals surface area contributed by atoms with E-state index in [1.54, 1.807) is 0 Å². The van der Waals surface area contributed by atoms with Gasteiger partial charge in [0.15, 0.2) is 0 Å². The summed E-state index contributed by atoms with van der Waals surface area (Å²) in [4.78, 5) is 23.2. The van der Waals surface area contributed by atoms with Gasteiger partial charge in [-0.2, -0.15) is 0 Å². The fourth-order valence-electron chi connectivity index (χ4n) is 4.30. The quantitative estimate of drug-likeness (QED) is 0.863. The number of carbonyl (C=O) groups is 1. The normalized spacial score (nSPS) is 23.1. The number of amides is 1. The van der Waals surface area contributed by atoms with Crippen LogP contribution in [-0.4, -0.2) is 34.9 Å². The predicted octanol–water partition coefficient (Wildman–Crippen LogP) is 3.06. The molecule has 0 bridgehead atoms. The van der Waals surface area contributed by atoms with Gasteiger partial charge in [-0.3, -0.25) is 0 Å². The summed E-state index contributed by atoms with van der Waals surface area (Å²) in [6, 6.07) is 9.06. The average molecular weight is 326 g/mol. The number of aromatic nitrogens is 1. The Labute approximate surface area is 141 Å².